The summed E-state index contributed by atoms with van der Waals surface area (Å²) in [6.45, 7) is 1.77. The first-order valence-electron chi connectivity index (χ1n) is 5.38. The van der Waals surface area contributed by atoms with Gasteiger partial charge in [0.1, 0.15) is 5.82 Å². The molecule has 0 amide bonds. The zero-order valence-corrected chi connectivity index (χ0v) is 13.2. The fraction of sp³-hybridized carbons (Fsp3) is 0.167. The Morgan fingerprint density at radius 1 is 1.37 bits per heavy atom. The molecule has 0 fully saturated rings. The average Bonchev–Trinajstić information content (AvgIpc) is 2.72. The third-order valence-corrected chi connectivity index (χ3v) is 6.03. The summed E-state index contributed by atoms with van der Waals surface area (Å²) >= 11 is 4.80. The highest BCUT2D eigenvalue weighted by Crippen LogP contribution is 2.23. The Kier molecular flexibility index (Phi) is 4.39. The van der Waals surface area contributed by atoms with Gasteiger partial charge in [-0.2, -0.15) is 0 Å². The van der Waals surface area contributed by atoms with E-state index in [1.165, 1.54) is 23.5 Å². The summed E-state index contributed by atoms with van der Waals surface area (Å²) in [5.74, 6) is -0.447. The third kappa shape index (κ3) is 3.42. The first kappa shape index (κ1) is 14.6. The predicted molar refractivity (Wildman–Crippen MR) is 77.2 cm³/mol. The van der Waals surface area contributed by atoms with Crippen LogP contribution >= 0.6 is 27.3 Å². The number of nitrogens with one attached hydrogen (secondary N) is 1. The Morgan fingerprint density at radius 3 is 2.68 bits per heavy atom. The van der Waals surface area contributed by atoms with Gasteiger partial charge in [-0.1, -0.05) is 0 Å². The van der Waals surface area contributed by atoms with Gasteiger partial charge in [-0.25, -0.2) is 17.5 Å². The molecule has 1 N–H and O–H groups in total. The van der Waals surface area contributed by atoms with Crippen molar-refractivity contribution in [3.05, 3.63) is 50.4 Å². The van der Waals surface area contributed by atoms with E-state index in [2.05, 4.69) is 20.7 Å². The zero-order valence-electron chi connectivity index (χ0n) is 9.98. The Bertz CT molecular complexity index is 698. The molecule has 2 aromatic rings. The molecule has 0 saturated carbocycles. The Balaban J connectivity index is 2.21. The molecule has 1 heterocycles. The number of thiophene rings is 1. The lowest BCUT2D eigenvalue weighted by molar-refractivity contribution is 0.580. The van der Waals surface area contributed by atoms with Gasteiger partial charge in [0.05, 0.1) is 4.90 Å². The minimum atomic E-state index is -3.63. The van der Waals surface area contributed by atoms with Crippen molar-refractivity contribution in [3.63, 3.8) is 0 Å². The highest BCUT2D eigenvalue weighted by atomic mass is 79.9. The fourth-order valence-electron chi connectivity index (χ4n) is 1.60. The van der Waals surface area contributed by atoms with Gasteiger partial charge in [-0.3, -0.25) is 0 Å². The molecule has 0 atom stereocenters. The van der Waals surface area contributed by atoms with E-state index in [0.29, 0.717) is 5.56 Å². The number of hydrogen-bond acceptors (Lipinski definition) is 3. The summed E-state index contributed by atoms with van der Waals surface area (Å²) in [6.07, 6.45) is 0. The van der Waals surface area contributed by atoms with Gasteiger partial charge in [0, 0.05) is 15.9 Å². The van der Waals surface area contributed by atoms with E-state index < -0.39 is 15.8 Å². The molecule has 0 spiro atoms. The zero-order chi connectivity index (χ0) is 14.0. The second-order valence-corrected chi connectivity index (χ2v) is 7.52. The normalized spacial score (nSPS) is 11.7. The van der Waals surface area contributed by atoms with Gasteiger partial charge in [0.2, 0.25) is 10.0 Å². The number of aryl methyl sites for hydroxylation is 1. The first-order valence-corrected chi connectivity index (χ1v) is 8.53. The number of halogens is 2. The monoisotopic (exact) mass is 363 g/mol. The van der Waals surface area contributed by atoms with Gasteiger partial charge in [0.25, 0.3) is 0 Å². The molecule has 0 radical (unpaired) electrons. The van der Waals surface area contributed by atoms with Crippen LogP contribution in [0, 0.1) is 12.7 Å². The highest BCUT2D eigenvalue weighted by Gasteiger charge is 2.17. The molecule has 102 valence electrons. The molecule has 0 saturated heterocycles. The van der Waals surface area contributed by atoms with Gasteiger partial charge in [0.15, 0.2) is 0 Å². The molecule has 0 aliphatic rings. The number of hydrogen-bond donors (Lipinski definition) is 1. The summed E-state index contributed by atoms with van der Waals surface area (Å²) in [6, 6.07) is 5.48. The van der Waals surface area contributed by atoms with Crippen LogP contribution in [-0.4, -0.2) is 8.42 Å². The van der Waals surface area contributed by atoms with Crippen LogP contribution in [0.15, 0.2) is 39.0 Å². The summed E-state index contributed by atoms with van der Waals surface area (Å²) < 4.78 is 40.6. The predicted octanol–water partition coefficient (Wildman–Crippen LogP) is 3.44. The molecule has 19 heavy (non-hydrogen) atoms. The molecule has 2 rings (SSSR count). The van der Waals surface area contributed by atoms with Crippen molar-refractivity contribution >= 4 is 37.3 Å². The van der Waals surface area contributed by atoms with Crippen molar-refractivity contribution in [3.8, 4) is 0 Å². The summed E-state index contributed by atoms with van der Waals surface area (Å²) in [5, 5.41) is 1.87. The largest absolute Gasteiger partial charge is 0.241 e. The molecular weight excluding hydrogens is 353 g/mol. The lowest BCUT2D eigenvalue weighted by Crippen LogP contribution is -2.23. The van der Waals surface area contributed by atoms with Gasteiger partial charge in [-0.15, -0.1) is 11.3 Å². The molecule has 0 unspecified atom stereocenters. The smallest absolute Gasteiger partial charge is 0.207 e. The van der Waals surface area contributed by atoms with E-state index in [9.17, 15) is 12.8 Å². The quantitative estimate of drug-likeness (QED) is 0.904. The summed E-state index contributed by atoms with van der Waals surface area (Å²) in [5.41, 5.74) is 0.387. The van der Waals surface area contributed by atoms with Crippen molar-refractivity contribution in [1.82, 2.24) is 4.72 Å². The Labute approximate surface area is 123 Å². The van der Waals surface area contributed by atoms with E-state index in [4.69, 9.17) is 0 Å². The second kappa shape index (κ2) is 5.70. The van der Waals surface area contributed by atoms with Crippen LogP contribution in [-0.2, 0) is 16.6 Å². The summed E-state index contributed by atoms with van der Waals surface area (Å²) in [7, 11) is -3.63. The van der Waals surface area contributed by atoms with Crippen LogP contribution in [0.4, 0.5) is 4.39 Å². The molecule has 7 heteroatoms. The molecular formula is C12H11BrFNO2S2. The lowest BCUT2D eigenvalue weighted by atomic mass is 10.2. The van der Waals surface area contributed by atoms with E-state index >= 15 is 0 Å². The van der Waals surface area contributed by atoms with Crippen molar-refractivity contribution in [1.29, 1.82) is 0 Å². The molecule has 0 bridgehead atoms. The Morgan fingerprint density at radius 2 is 2.11 bits per heavy atom. The molecule has 0 aliphatic heterocycles. The number of sulfonamides is 1. The minimum Gasteiger partial charge on any atom is -0.207 e. The Hall–Kier alpha value is -0.760. The van der Waals surface area contributed by atoms with E-state index in [1.54, 1.807) is 6.92 Å². The van der Waals surface area contributed by atoms with Crippen molar-refractivity contribution < 1.29 is 12.8 Å². The topological polar surface area (TPSA) is 46.2 Å². The minimum absolute atomic E-state index is 0.0987. The third-order valence-electron chi connectivity index (χ3n) is 2.54. The van der Waals surface area contributed by atoms with Crippen molar-refractivity contribution in [2.45, 2.75) is 18.4 Å². The SMILES string of the molecule is Cc1cc(F)ccc1S(=O)(=O)NCc1sccc1Br. The molecule has 3 nitrogen and oxygen atoms in total. The maximum Gasteiger partial charge on any atom is 0.241 e. The molecule has 1 aromatic heterocycles. The van der Waals surface area contributed by atoms with Crippen LogP contribution < -0.4 is 4.72 Å². The second-order valence-electron chi connectivity index (χ2n) is 3.93. The van der Waals surface area contributed by atoms with Crippen LogP contribution in [0.2, 0.25) is 0 Å². The fourth-order valence-corrected chi connectivity index (χ4v) is 4.35. The first-order chi connectivity index (χ1) is 8.90. The lowest BCUT2D eigenvalue weighted by Gasteiger charge is -2.08. The molecule has 0 aliphatic carbocycles. The average molecular weight is 364 g/mol. The van der Waals surface area contributed by atoms with E-state index in [1.807, 2.05) is 11.4 Å². The van der Waals surface area contributed by atoms with Crippen LogP contribution in [0.3, 0.4) is 0 Å². The van der Waals surface area contributed by atoms with Gasteiger partial charge in [-0.05, 0) is 58.1 Å². The molecule has 1 aromatic carbocycles. The van der Waals surface area contributed by atoms with Gasteiger partial charge < -0.3 is 0 Å². The number of benzene rings is 1. The maximum atomic E-state index is 13.0. The van der Waals surface area contributed by atoms with Crippen LogP contribution in [0.25, 0.3) is 0 Å². The maximum absolute atomic E-state index is 13.0. The van der Waals surface area contributed by atoms with Crippen molar-refractivity contribution in [2.75, 3.05) is 0 Å². The number of rotatable bonds is 4. The standard InChI is InChI=1S/C12H11BrFNO2S2/c1-8-6-9(14)2-3-12(8)19(16,17)15-7-11-10(13)4-5-18-11/h2-6,15H,7H2,1H3. The highest BCUT2D eigenvalue weighted by molar-refractivity contribution is 9.10. The van der Waals surface area contributed by atoms with Gasteiger partial charge >= 0.3 is 0 Å². The van der Waals surface area contributed by atoms with E-state index in [0.717, 1.165) is 15.4 Å². The van der Waals surface area contributed by atoms with Crippen molar-refractivity contribution in [2.24, 2.45) is 0 Å². The van der Waals surface area contributed by atoms with Crippen LogP contribution in [0.1, 0.15) is 10.4 Å². The van der Waals surface area contributed by atoms with E-state index in [-0.39, 0.29) is 11.4 Å². The van der Waals surface area contributed by atoms with Crippen LogP contribution in [0.5, 0.6) is 0 Å². The summed E-state index contributed by atoms with van der Waals surface area (Å²) in [4.78, 5) is 0.991.